The first kappa shape index (κ1) is 17.6. The molecule has 0 saturated carbocycles. The molecular formula is C19H26N4O2. The highest BCUT2D eigenvalue weighted by Crippen LogP contribution is 2.14. The average molecular weight is 342 g/mol. The molecule has 1 aromatic carbocycles. The van der Waals surface area contributed by atoms with Crippen LogP contribution in [0.3, 0.4) is 0 Å². The molecule has 134 valence electrons. The number of amides is 1. The van der Waals surface area contributed by atoms with Gasteiger partial charge in [0.05, 0.1) is 12.8 Å². The highest BCUT2D eigenvalue weighted by Gasteiger charge is 2.29. The number of carbonyl (C=O) groups is 1. The maximum Gasteiger partial charge on any atom is 0.253 e. The van der Waals surface area contributed by atoms with Crippen molar-refractivity contribution in [3.8, 4) is 0 Å². The van der Waals surface area contributed by atoms with Gasteiger partial charge in [-0.15, -0.1) is 0 Å². The third-order valence-corrected chi connectivity index (χ3v) is 4.50. The summed E-state index contributed by atoms with van der Waals surface area (Å²) in [5.74, 6) is 0.0594. The quantitative estimate of drug-likeness (QED) is 0.801. The summed E-state index contributed by atoms with van der Waals surface area (Å²) in [7, 11) is 1.88. The number of rotatable bonds is 6. The van der Waals surface area contributed by atoms with Gasteiger partial charge in [0.2, 0.25) is 0 Å². The van der Waals surface area contributed by atoms with Gasteiger partial charge in [0.1, 0.15) is 6.10 Å². The smallest absolute Gasteiger partial charge is 0.253 e. The minimum absolute atomic E-state index is 0.0594. The molecule has 1 aromatic heterocycles. The highest BCUT2D eigenvalue weighted by molar-refractivity contribution is 5.81. The van der Waals surface area contributed by atoms with Gasteiger partial charge < -0.3 is 9.64 Å². The van der Waals surface area contributed by atoms with Crippen molar-refractivity contribution < 1.29 is 9.53 Å². The Labute approximate surface area is 149 Å². The standard InChI is InChI=1S/C19H26N4O2/c1-3-23(14-17-11-20-21(2)12-17)19(24)18-15-22(9-10-25-18)13-16-7-5-4-6-8-16/h4-8,11-12,18H,3,9-10,13-15H2,1-2H3. The lowest BCUT2D eigenvalue weighted by atomic mass is 10.1. The van der Waals surface area contributed by atoms with Crippen LogP contribution in [0.15, 0.2) is 42.7 Å². The predicted octanol–water partition coefficient (Wildman–Crippen LogP) is 1.67. The largest absolute Gasteiger partial charge is 0.366 e. The molecule has 0 radical (unpaired) electrons. The first-order valence-corrected chi connectivity index (χ1v) is 8.80. The van der Waals surface area contributed by atoms with Gasteiger partial charge in [0.25, 0.3) is 5.91 Å². The predicted molar refractivity (Wildman–Crippen MR) is 95.8 cm³/mol. The van der Waals surface area contributed by atoms with Crippen LogP contribution in [-0.4, -0.2) is 57.8 Å². The van der Waals surface area contributed by atoms with Crippen molar-refractivity contribution in [2.45, 2.75) is 26.1 Å². The minimum Gasteiger partial charge on any atom is -0.366 e. The molecule has 0 N–H and O–H groups in total. The van der Waals surface area contributed by atoms with Gasteiger partial charge in [-0.05, 0) is 12.5 Å². The van der Waals surface area contributed by atoms with E-state index >= 15 is 0 Å². The molecule has 1 aliphatic heterocycles. The van der Waals surface area contributed by atoms with E-state index < -0.39 is 6.10 Å². The molecule has 0 aliphatic carbocycles. The maximum atomic E-state index is 12.9. The Balaban J connectivity index is 1.60. The van der Waals surface area contributed by atoms with Gasteiger partial charge in [-0.1, -0.05) is 30.3 Å². The summed E-state index contributed by atoms with van der Waals surface area (Å²) in [5.41, 5.74) is 2.30. The zero-order valence-electron chi connectivity index (χ0n) is 15.0. The Hall–Kier alpha value is -2.18. The third kappa shape index (κ3) is 4.67. The second-order valence-corrected chi connectivity index (χ2v) is 6.45. The SMILES string of the molecule is CCN(Cc1cnn(C)c1)C(=O)C1CN(Cc2ccccc2)CCO1. The van der Waals surface area contributed by atoms with Crippen LogP contribution >= 0.6 is 0 Å². The lowest BCUT2D eigenvalue weighted by Gasteiger charge is -2.34. The molecule has 6 nitrogen and oxygen atoms in total. The first-order valence-electron chi connectivity index (χ1n) is 8.80. The molecular weight excluding hydrogens is 316 g/mol. The average Bonchev–Trinajstić information content (AvgIpc) is 3.05. The Kier molecular flexibility index (Phi) is 5.83. The van der Waals surface area contributed by atoms with Crippen molar-refractivity contribution in [2.24, 2.45) is 7.05 Å². The van der Waals surface area contributed by atoms with E-state index in [4.69, 9.17) is 4.74 Å². The zero-order chi connectivity index (χ0) is 17.6. The summed E-state index contributed by atoms with van der Waals surface area (Å²) in [6, 6.07) is 10.4. The van der Waals surface area contributed by atoms with Crippen molar-refractivity contribution >= 4 is 5.91 Å². The summed E-state index contributed by atoms with van der Waals surface area (Å²) in [6.45, 7) is 6.16. The lowest BCUT2D eigenvalue weighted by molar-refractivity contribution is -0.150. The summed E-state index contributed by atoms with van der Waals surface area (Å²) in [4.78, 5) is 17.0. The number of likely N-dealkylation sites (N-methyl/N-ethyl adjacent to an activating group) is 1. The molecule has 1 saturated heterocycles. The first-order chi connectivity index (χ1) is 12.2. The second-order valence-electron chi connectivity index (χ2n) is 6.45. The fraction of sp³-hybridized carbons (Fsp3) is 0.474. The number of morpholine rings is 1. The van der Waals surface area contributed by atoms with Gasteiger partial charge in [-0.2, -0.15) is 5.10 Å². The van der Waals surface area contributed by atoms with Crippen LogP contribution in [0.1, 0.15) is 18.1 Å². The van der Waals surface area contributed by atoms with Gasteiger partial charge in [0, 0.05) is 51.5 Å². The third-order valence-electron chi connectivity index (χ3n) is 4.50. The van der Waals surface area contributed by atoms with Crippen molar-refractivity contribution in [1.29, 1.82) is 0 Å². The van der Waals surface area contributed by atoms with Crippen LogP contribution in [0, 0.1) is 0 Å². The fourth-order valence-electron chi connectivity index (χ4n) is 3.16. The Morgan fingerprint density at radius 1 is 1.32 bits per heavy atom. The van der Waals surface area contributed by atoms with Crippen molar-refractivity contribution in [3.63, 3.8) is 0 Å². The number of benzene rings is 1. The van der Waals surface area contributed by atoms with E-state index in [0.29, 0.717) is 26.2 Å². The van der Waals surface area contributed by atoms with Crippen LogP contribution in [0.5, 0.6) is 0 Å². The molecule has 2 heterocycles. The molecule has 0 bridgehead atoms. The van der Waals surface area contributed by atoms with Crippen LogP contribution < -0.4 is 0 Å². The second kappa shape index (κ2) is 8.27. The monoisotopic (exact) mass is 342 g/mol. The van der Waals surface area contributed by atoms with E-state index in [1.807, 2.05) is 43.3 Å². The molecule has 2 aromatic rings. The van der Waals surface area contributed by atoms with E-state index in [0.717, 1.165) is 18.7 Å². The molecule has 1 unspecified atom stereocenters. The number of hydrogen-bond acceptors (Lipinski definition) is 4. The van der Waals surface area contributed by atoms with Gasteiger partial charge in [0.15, 0.2) is 0 Å². The van der Waals surface area contributed by atoms with Crippen LogP contribution in [0.2, 0.25) is 0 Å². The number of carbonyl (C=O) groups excluding carboxylic acids is 1. The molecule has 0 spiro atoms. The molecule has 3 rings (SSSR count). The van der Waals surface area contributed by atoms with Gasteiger partial charge >= 0.3 is 0 Å². The number of nitrogens with zero attached hydrogens (tertiary/aromatic N) is 4. The van der Waals surface area contributed by atoms with E-state index in [1.165, 1.54) is 5.56 Å². The maximum absolute atomic E-state index is 12.9. The molecule has 1 amide bonds. The number of aromatic nitrogens is 2. The van der Waals surface area contributed by atoms with Gasteiger partial charge in [-0.25, -0.2) is 0 Å². The summed E-state index contributed by atoms with van der Waals surface area (Å²) >= 11 is 0. The van der Waals surface area contributed by atoms with Crippen molar-refractivity contribution in [2.75, 3.05) is 26.2 Å². The molecule has 25 heavy (non-hydrogen) atoms. The van der Waals surface area contributed by atoms with Crippen LogP contribution in [0.4, 0.5) is 0 Å². The molecule has 1 atom stereocenters. The minimum atomic E-state index is -0.394. The van der Waals surface area contributed by atoms with E-state index in [9.17, 15) is 4.79 Å². The molecule has 1 aliphatic rings. The Morgan fingerprint density at radius 2 is 2.12 bits per heavy atom. The highest BCUT2D eigenvalue weighted by atomic mass is 16.5. The summed E-state index contributed by atoms with van der Waals surface area (Å²) < 4.78 is 7.54. The fourth-order valence-corrected chi connectivity index (χ4v) is 3.16. The number of ether oxygens (including phenoxy) is 1. The van der Waals surface area contributed by atoms with E-state index in [-0.39, 0.29) is 5.91 Å². The zero-order valence-corrected chi connectivity index (χ0v) is 15.0. The topological polar surface area (TPSA) is 50.6 Å². The number of aryl methyl sites for hydroxylation is 1. The summed E-state index contributed by atoms with van der Waals surface area (Å²) in [6.07, 6.45) is 3.35. The lowest BCUT2D eigenvalue weighted by Crippen LogP contribution is -2.50. The normalized spacial score (nSPS) is 18.2. The Morgan fingerprint density at radius 3 is 2.80 bits per heavy atom. The van der Waals surface area contributed by atoms with Crippen molar-refractivity contribution in [3.05, 3.63) is 53.9 Å². The van der Waals surface area contributed by atoms with E-state index in [2.05, 4.69) is 22.1 Å². The molecule has 1 fully saturated rings. The van der Waals surface area contributed by atoms with Gasteiger partial charge in [-0.3, -0.25) is 14.4 Å². The Bertz CT molecular complexity index is 686. The van der Waals surface area contributed by atoms with Crippen LogP contribution in [-0.2, 0) is 29.7 Å². The van der Waals surface area contributed by atoms with E-state index in [1.54, 1.807) is 10.9 Å². The number of hydrogen-bond donors (Lipinski definition) is 0. The van der Waals surface area contributed by atoms with Crippen molar-refractivity contribution in [1.82, 2.24) is 19.6 Å². The molecule has 6 heteroatoms. The van der Waals surface area contributed by atoms with Crippen LogP contribution in [0.25, 0.3) is 0 Å². The summed E-state index contributed by atoms with van der Waals surface area (Å²) in [5, 5.41) is 4.17.